The Bertz CT molecular complexity index is 698. The Hall–Kier alpha value is -2.03. The van der Waals surface area contributed by atoms with Crippen LogP contribution in [-0.4, -0.2) is 83.6 Å². The molecule has 2 amide bonds. The van der Waals surface area contributed by atoms with Gasteiger partial charge in [0.25, 0.3) is 0 Å². The number of nitrogens with zero attached hydrogens (tertiary/aromatic N) is 2. The van der Waals surface area contributed by atoms with E-state index in [4.69, 9.17) is 17.0 Å². The number of carbonyl (C=O) groups excluding carboxylic acids is 3. The maximum atomic E-state index is 11.8. The van der Waals surface area contributed by atoms with Crippen molar-refractivity contribution in [3.8, 4) is 0 Å². The highest BCUT2D eigenvalue weighted by Gasteiger charge is 2.30. The van der Waals surface area contributed by atoms with E-state index in [0.717, 1.165) is 0 Å². The summed E-state index contributed by atoms with van der Waals surface area (Å²) in [6.45, 7) is 13.0. The van der Waals surface area contributed by atoms with Crippen LogP contribution < -0.4 is 0 Å². The topological polar surface area (TPSA) is 106 Å². The molecule has 0 aromatic heterocycles. The lowest BCUT2D eigenvalue weighted by Crippen LogP contribution is -2.43. The number of carbonyl (C=O) groups is 3. The zero-order valence-corrected chi connectivity index (χ0v) is 21.3. The molecule has 0 bridgehead atoms. The highest BCUT2D eigenvalue weighted by Crippen LogP contribution is 2.21. The summed E-state index contributed by atoms with van der Waals surface area (Å²) in [6.07, 6.45) is 1.56. The molecule has 0 saturated carbocycles. The van der Waals surface area contributed by atoms with Crippen molar-refractivity contribution in [1.29, 1.82) is 0 Å². The van der Waals surface area contributed by atoms with Crippen LogP contribution in [0.4, 0.5) is 9.59 Å². The van der Waals surface area contributed by atoms with Gasteiger partial charge in [0.05, 0.1) is 15.3 Å². The summed E-state index contributed by atoms with van der Waals surface area (Å²) >= 11 is 0. The number of likely N-dealkylation sites (tertiary alicyclic amines) is 2. The summed E-state index contributed by atoms with van der Waals surface area (Å²) in [6, 6.07) is 0. The molecule has 2 aliphatic rings. The van der Waals surface area contributed by atoms with Gasteiger partial charge in [0.2, 0.25) is 0 Å². The summed E-state index contributed by atoms with van der Waals surface area (Å²) in [5, 5.41) is 9.25. The Morgan fingerprint density at radius 2 is 1.24 bits per heavy atom. The number of amides is 2. The van der Waals surface area contributed by atoms with E-state index >= 15 is 0 Å². The van der Waals surface area contributed by atoms with Crippen molar-refractivity contribution in [2.75, 3.05) is 39.3 Å². The highest BCUT2D eigenvalue weighted by molar-refractivity contribution is 5.73. The number of piperidine rings is 2. The predicted molar refractivity (Wildman–Crippen MR) is 125 cm³/mol. The molecule has 0 atom stereocenters. The molecule has 9 nitrogen and oxygen atoms in total. The van der Waals surface area contributed by atoms with Crippen molar-refractivity contribution < 1.29 is 36.4 Å². The molecule has 9 heteroatoms. The molecule has 0 unspecified atom stereocenters. The van der Waals surface area contributed by atoms with Crippen LogP contribution in [0.25, 0.3) is 0 Å². The molecule has 2 saturated heterocycles. The van der Waals surface area contributed by atoms with Crippen LogP contribution in [0.2, 0.25) is 0 Å². The molecule has 0 aliphatic carbocycles. The van der Waals surface area contributed by atoms with Crippen LogP contribution in [0.3, 0.4) is 0 Å². The molecule has 1 N–H and O–H groups in total. The molecule has 33 heavy (non-hydrogen) atoms. The number of hydrogen-bond donors (Lipinski definition) is 1. The average Bonchev–Trinajstić information content (AvgIpc) is 2.71. The Kier molecular flexibility index (Phi) is 10.1. The van der Waals surface area contributed by atoms with Crippen molar-refractivity contribution in [2.24, 2.45) is 11.8 Å². The second kappa shape index (κ2) is 13.0. The first-order valence-corrected chi connectivity index (χ1v) is 11.8. The molecule has 0 spiro atoms. The van der Waals surface area contributed by atoms with Gasteiger partial charge in [-0.15, -0.1) is 0 Å². The van der Waals surface area contributed by atoms with E-state index in [2.05, 4.69) is 0 Å². The smallest absolute Gasteiger partial charge is 0.410 e. The molecule has 2 heterocycles. The lowest BCUT2D eigenvalue weighted by Gasteiger charge is -2.32. The minimum atomic E-state index is -2.15. The van der Waals surface area contributed by atoms with Crippen molar-refractivity contribution in [3.63, 3.8) is 0 Å². The number of aliphatic hydroxyl groups is 1. The zero-order valence-electron chi connectivity index (χ0n) is 23.3. The minimum Gasteiger partial charge on any atom is -0.466 e. The lowest BCUT2D eigenvalue weighted by atomic mass is 9.97. The van der Waals surface area contributed by atoms with Gasteiger partial charge in [0.15, 0.2) is 0 Å². The largest absolute Gasteiger partial charge is 0.466 e. The van der Waals surface area contributed by atoms with Gasteiger partial charge in [-0.05, 0) is 80.1 Å². The van der Waals surface area contributed by atoms with E-state index in [1.54, 1.807) is 16.7 Å². The quantitative estimate of drug-likeness (QED) is 0.489. The third-order valence-corrected chi connectivity index (χ3v) is 5.10. The molecule has 0 aromatic rings. The van der Waals surface area contributed by atoms with Crippen molar-refractivity contribution in [1.82, 2.24) is 9.80 Å². The molecule has 2 fully saturated rings. The fraction of sp³-hybridized carbons (Fsp3) is 0.875. The third-order valence-electron chi connectivity index (χ3n) is 5.10. The third kappa shape index (κ3) is 11.6. The lowest BCUT2D eigenvalue weighted by molar-refractivity contribution is -0.149. The Labute approximate surface area is 201 Å². The first kappa shape index (κ1) is 25.6. The van der Waals surface area contributed by atoms with Gasteiger partial charge >= 0.3 is 18.2 Å². The number of rotatable bonds is 3. The van der Waals surface area contributed by atoms with E-state index in [1.165, 1.54) is 0 Å². The molecular weight excluding hydrogens is 428 g/mol. The zero-order chi connectivity index (χ0) is 27.0. The maximum absolute atomic E-state index is 11.8. The molecule has 192 valence electrons. The van der Waals surface area contributed by atoms with Gasteiger partial charge in [-0.25, -0.2) is 9.59 Å². The summed E-state index contributed by atoms with van der Waals surface area (Å²) in [7, 11) is 0. The van der Waals surface area contributed by atoms with Gasteiger partial charge < -0.3 is 29.1 Å². The summed E-state index contributed by atoms with van der Waals surface area (Å²) in [5.41, 5.74) is -0.991. The van der Waals surface area contributed by atoms with E-state index < -0.39 is 23.7 Å². The SMILES string of the molecule is CCOC(=O)C1CCN(C(=O)OC(C)(C)C)CC1.[2H]C([2H])(O)C1CCN(C(=O)OC(C)(C)C)CC1. The van der Waals surface area contributed by atoms with Gasteiger partial charge in [0.1, 0.15) is 11.2 Å². The normalized spacial score (nSPS) is 19.5. The molecule has 0 radical (unpaired) electrons. The van der Waals surface area contributed by atoms with Crippen LogP contribution in [0, 0.1) is 11.8 Å². The van der Waals surface area contributed by atoms with Crippen molar-refractivity contribution in [3.05, 3.63) is 0 Å². The Morgan fingerprint density at radius 3 is 1.58 bits per heavy atom. The number of esters is 1. The van der Waals surface area contributed by atoms with Crippen LogP contribution in [0.15, 0.2) is 0 Å². The number of hydrogen-bond acceptors (Lipinski definition) is 7. The monoisotopic (exact) mass is 474 g/mol. The first-order chi connectivity index (χ1) is 15.9. The minimum absolute atomic E-state index is 0.0800. The fourth-order valence-electron chi connectivity index (χ4n) is 3.40. The van der Waals surface area contributed by atoms with E-state index in [-0.39, 0.29) is 24.1 Å². The van der Waals surface area contributed by atoms with E-state index in [1.807, 2.05) is 41.5 Å². The Morgan fingerprint density at radius 1 is 0.848 bits per heavy atom. The van der Waals surface area contributed by atoms with Gasteiger partial charge in [0, 0.05) is 32.7 Å². The Balaban J connectivity index is 0.000000351. The first-order valence-electron chi connectivity index (χ1n) is 12.8. The van der Waals surface area contributed by atoms with Gasteiger partial charge in [-0.3, -0.25) is 4.79 Å². The van der Waals surface area contributed by atoms with E-state index in [0.29, 0.717) is 58.5 Å². The second-order valence-corrected chi connectivity index (χ2v) is 10.4. The molecule has 2 rings (SSSR count). The second-order valence-electron chi connectivity index (χ2n) is 10.4. The number of ether oxygens (including phenoxy) is 3. The van der Waals surface area contributed by atoms with Gasteiger partial charge in [-0.1, -0.05) is 0 Å². The summed E-state index contributed by atoms with van der Waals surface area (Å²) < 4.78 is 30.0. The van der Waals surface area contributed by atoms with Crippen LogP contribution in [0.1, 0.15) is 76.9 Å². The average molecular weight is 475 g/mol. The maximum Gasteiger partial charge on any atom is 0.410 e. The predicted octanol–water partition coefficient (Wildman–Crippen LogP) is 3.82. The van der Waals surface area contributed by atoms with Crippen LogP contribution in [0.5, 0.6) is 0 Å². The molecule has 2 aliphatic heterocycles. The molecular formula is C24H44N2O7. The van der Waals surface area contributed by atoms with Crippen molar-refractivity contribution >= 4 is 18.2 Å². The van der Waals surface area contributed by atoms with Crippen LogP contribution >= 0.6 is 0 Å². The fourth-order valence-corrected chi connectivity index (χ4v) is 3.40. The molecule has 0 aromatic carbocycles. The summed E-state index contributed by atoms with van der Waals surface area (Å²) in [4.78, 5) is 38.3. The van der Waals surface area contributed by atoms with E-state index in [9.17, 15) is 19.5 Å². The van der Waals surface area contributed by atoms with Gasteiger partial charge in [-0.2, -0.15) is 0 Å². The summed E-state index contributed by atoms with van der Waals surface area (Å²) in [5.74, 6) is -0.633. The standard InChI is InChI=1S/C13H23NO4.C11H21NO3/c1-5-17-11(15)10-6-8-14(9-7-10)12(16)18-13(2,3)4;1-11(2,3)15-10(14)12-6-4-9(8-13)5-7-12/h10H,5-9H2,1-4H3;9,13H,4-8H2,1-3H3/i;8D2. The highest BCUT2D eigenvalue weighted by atomic mass is 16.6. The van der Waals surface area contributed by atoms with Crippen LogP contribution in [-0.2, 0) is 19.0 Å². The van der Waals surface area contributed by atoms with Crippen molar-refractivity contribution in [2.45, 2.75) is 85.4 Å².